The van der Waals surface area contributed by atoms with Gasteiger partial charge in [0.15, 0.2) is 5.01 Å². The van der Waals surface area contributed by atoms with Gasteiger partial charge in [0.1, 0.15) is 0 Å². The lowest BCUT2D eigenvalue weighted by Gasteiger charge is -2.16. The van der Waals surface area contributed by atoms with Crippen LogP contribution in [0.15, 0.2) is 54.5 Å². The molecule has 0 saturated heterocycles. The Balaban J connectivity index is 1.74. The molecule has 1 unspecified atom stereocenters. The maximum atomic E-state index is 5.92. The Hall–Kier alpha value is -3.08. The van der Waals surface area contributed by atoms with Gasteiger partial charge in [0.25, 0.3) is 0 Å². The van der Waals surface area contributed by atoms with Gasteiger partial charge in [0.2, 0.25) is 5.13 Å². The Bertz CT molecular complexity index is 1010. The molecular weight excluding hydrogens is 356 g/mol. The van der Waals surface area contributed by atoms with Crippen molar-refractivity contribution < 1.29 is 0 Å². The zero-order valence-corrected chi connectivity index (χ0v) is 15.8. The fourth-order valence-electron chi connectivity index (χ4n) is 2.58. The van der Waals surface area contributed by atoms with Gasteiger partial charge in [-0.1, -0.05) is 29.4 Å². The van der Waals surface area contributed by atoms with Gasteiger partial charge < -0.3 is 11.1 Å². The van der Waals surface area contributed by atoms with Crippen molar-refractivity contribution in [3.8, 4) is 22.9 Å². The van der Waals surface area contributed by atoms with E-state index in [1.807, 2.05) is 31.2 Å². The molecule has 3 aromatic rings. The number of fused-ring (bicyclic) bond motifs is 1. The van der Waals surface area contributed by atoms with Crippen LogP contribution >= 0.6 is 11.3 Å². The molecule has 27 heavy (non-hydrogen) atoms. The molecule has 3 N–H and O–H groups in total. The molecule has 0 bridgehead atoms. The van der Waals surface area contributed by atoms with Crippen LogP contribution in [0.2, 0.25) is 0 Å². The summed E-state index contributed by atoms with van der Waals surface area (Å²) in [6.07, 6.45) is 17.0. The van der Waals surface area contributed by atoms with E-state index in [-0.39, 0.29) is 6.04 Å². The number of hydrogen-bond acceptors (Lipinski definition) is 7. The molecule has 0 aliphatic heterocycles. The van der Waals surface area contributed by atoms with E-state index >= 15 is 0 Å². The molecule has 1 atom stereocenters. The van der Waals surface area contributed by atoms with Gasteiger partial charge in [-0.25, -0.2) is 0 Å². The lowest BCUT2D eigenvalue weighted by atomic mass is 10.1. The molecule has 7 heteroatoms. The van der Waals surface area contributed by atoms with E-state index < -0.39 is 0 Å². The van der Waals surface area contributed by atoms with Crippen molar-refractivity contribution in [2.24, 2.45) is 5.73 Å². The van der Waals surface area contributed by atoms with E-state index in [1.54, 1.807) is 24.7 Å². The van der Waals surface area contributed by atoms with Crippen molar-refractivity contribution in [3.05, 3.63) is 54.5 Å². The summed E-state index contributed by atoms with van der Waals surface area (Å²) in [6.45, 7) is 2.45. The highest BCUT2D eigenvalue weighted by Gasteiger charge is 2.13. The first kappa shape index (κ1) is 18.7. The SMILES string of the molecule is C#C/C=C\C(=C/C)CC(CN)Nc1nnc(-c2cnc3cnccc3c2)s1. The zero-order chi connectivity index (χ0) is 19.1. The van der Waals surface area contributed by atoms with Gasteiger partial charge in [-0.15, -0.1) is 16.6 Å². The molecule has 0 aromatic carbocycles. The largest absolute Gasteiger partial charge is 0.356 e. The topological polar surface area (TPSA) is 89.6 Å². The van der Waals surface area contributed by atoms with E-state index in [2.05, 4.69) is 31.4 Å². The second kappa shape index (κ2) is 9.03. The van der Waals surface area contributed by atoms with Crippen LogP contribution in [0.5, 0.6) is 0 Å². The molecule has 3 aromatic heterocycles. The first-order valence-corrected chi connectivity index (χ1v) is 9.33. The minimum Gasteiger partial charge on any atom is -0.356 e. The summed E-state index contributed by atoms with van der Waals surface area (Å²) in [7, 11) is 0. The molecule has 0 spiro atoms. The number of aromatic nitrogens is 4. The van der Waals surface area contributed by atoms with Crippen molar-refractivity contribution in [1.29, 1.82) is 0 Å². The predicted molar refractivity (Wildman–Crippen MR) is 111 cm³/mol. The normalized spacial score (nSPS) is 13.0. The molecule has 0 radical (unpaired) electrons. The first-order chi connectivity index (χ1) is 13.2. The molecule has 3 rings (SSSR count). The molecule has 3 heterocycles. The summed E-state index contributed by atoms with van der Waals surface area (Å²) in [4.78, 5) is 8.51. The fourth-order valence-corrected chi connectivity index (χ4v) is 3.38. The summed E-state index contributed by atoms with van der Waals surface area (Å²) in [5.41, 5.74) is 8.82. The Kier molecular flexibility index (Phi) is 6.26. The van der Waals surface area contributed by atoms with Crippen molar-refractivity contribution >= 4 is 27.4 Å². The highest BCUT2D eigenvalue weighted by molar-refractivity contribution is 7.18. The van der Waals surface area contributed by atoms with Crippen LogP contribution in [-0.2, 0) is 0 Å². The average molecular weight is 376 g/mol. The van der Waals surface area contributed by atoms with Gasteiger partial charge in [-0.2, -0.15) is 0 Å². The molecule has 6 nitrogen and oxygen atoms in total. The molecule has 0 fully saturated rings. The summed E-state index contributed by atoms with van der Waals surface area (Å²) in [5.74, 6) is 2.50. The molecule has 0 aliphatic carbocycles. The van der Waals surface area contributed by atoms with Gasteiger partial charge in [0.05, 0.1) is 11.7 Å². The molecular formula is C20H20N6S. The number of rotatable bonds is 7. The number of anilines is 1. The van der Waals surface area contributed by atoms with E-state index in [0.717, 1.165) is 38.6 Å². The highest BCUT2D eigenvalue weighted by atomic mass is 32.1. The third kappa shape index (κ3) is 4.76. The van der Waals surface area contributed by atoms with Crippen LogP contribution < -0.4 is 11.1 Å². The number of hydrogen-bond donors (Lipinski definition) is 2. The molecule has 136 valence electrons. The Morgan fingerprint density at radius 1 is 1.41 bits per heavy atom. The van der Waals surface area contributed by atoms with Crippen molar-refractivity contribution in [3.63, 3.8) is 0 Å². The van der Waals surface area contributed by atoms with Crippen LogP contribution in [0.1, 0.15) is 13.3 Å². The van der Waals surface area contributed by atoms with Gasteiger partial charge >= 0.3 is 0 Å². The maximum Gasteiger partial charge on any atom is 0.206 e. The number of nitrogens with one attached hydrogen (secondary N) is 1. The first-order valence-electron chi connectivity index (χ1n) is 8.51. The van der Waals surface area contributed by atoms with Crippen LogP contribution in [0.25, 0.3) is 21.5 Å². The lowest BCUT2D eigenvalue weighted by molar-refractivity contribution is 0.723. The van der Waals surface area contributed by atoms with Crippen LogP contribution in [0.3, 0.4) is 0 Å². The van der Waals surface area contributed by atoms with Gasteiger partial charge in [0, 0.05) is 35.9 Å². The van der Waals surface area contributed by atoms with Crippen LogP contribution in [0, 0.1) is 12.3 Å². The molecule has 0 amide bonds. The summed E-state index contributed by atoms with van der Waals surface area (Å²) in [6, 6.07) is 4.01. The average Bonchev–Trinajstić information content (AvgIpc) is 3.18. The Morgan fingerprint density at radius 3 is 3.07 bits per heavy atom. The number of allylic oxidation sites excluding steroid dienone is 3. The van der Waals surface area contributed by atoms with Crippen LogP contribution in [-0.4, -0.2) is 32.8 Å². The minimum atomic E-state index is 0.0419. The third-order valence-corrected chi connectivity index (χ3v) is 4.92. The minimum absolute atomic E-state index is 0.0419. The van der Waals surface area contributed by atoms with Crippen molar-refractivity contribution in [2.45, 2.75) is 19.4 Å². The molecule has 0 aliphatic rings. The maximum absolute atomic E-state index is 5.92. The monoisotopic (exact) mass is 376 g/mol. The van der Waals surface area contributed by atoms with Crippen molar-refractivity contribution in [2.75, 3.05) is 11.9 Å². The quantitative estimate of drug-likeness (QED) is 0.485. The number of nitrogens with zero attached hydrogens (tertiary/aromatic N) is 4. The smallest absolute Gasteiger partial charge is 0.206 e. The zero-order valence-electron chi connectivity index (χ0n) is 15.0. The third-order valence-electron chi connectivity index (χ3n) is 4.02. The fraction of sp³-hybridized carbons (Fsp3) is 0.200. The second-order valence-corrected chi connectivity index (χ2v) is 6.83. The summed E-state index contributed by atoms with van der Waals surface area (Å²) < 4.78 is 0. The number of nitrogens with two attached hydrogens (primary N) is 1. The summed E-state index contributed by atoms with van der Waals surface area (Å²) in [5, 5.41) is 14.4. The lowest BCUT2D eigenvalue weighted by Crippen LogP contribution is -2.29. The Labute approximate surface area is 162 Å². The number of terminal acetylenes is 1. The van der Waals surface area contributed by atoms with Crippen LogP contribution in [0.4, 0.5) is 5.13 Å². The van der Waals surface area contributed by atoms with Crippen molar-refractivity contribution in [1.82, 2.24) is 20.2 Å². The van der Waals surface area contributed by atoms with Gasteiger partial charge in [-0.3, -0.25) is 9.97 Å². The van der Waals surface area contributed by atoms with E-state index in [9.17, 15) is 0 Å². The number of pyridine rings is 2. The molecule has 0 saturated carbocycles. The second-order valence-electron chi connectivity index (χ2n) is 5.85. The standard InChI is InChI=1S/C20H20N6S/c1-3-5-6-14(4-2)9-17(11-21)24-20-26-25-19(27-20)16-10-15-7-8-22-13-18(15)23-12-16/h1,4-8,10,12-13,17H,9,11,21H2,2H3,(H,24,26)/b6-5-,14-4+. The Morgan fingerprint density at radius 2 is 2.30 bits per heavy atom. The summed E-state index contributed by atoms with van der Waals surface area (Å²) >= 11 is 1.48. The van der Waals surface area contributed by atoms with E-state index in [1.165, 1.54) is 11.3 Å². The highest BCUT2D eigenvalue weighted by Crippen LogP contribution is 2.28. The van der Waals surface area contributed by atoms with E-state index in [4.69, 9.17) is 12.2 Å². The predicted octanol–water partition coefficient (Wildman–Crippen LogP) is 3.41. The van der Waals surface area contributed by atoms with E-state index in [0.29, 0.717) is 6.54 Å². The van der Waals surface area contributed by atoms with Gasteiger partial charge in [-0.05, 0) is 37.1 Å².